The molecule has 2 aliphatic heterocycles. The van der Waals surface area contributed by atoms with E-state index in [0.717, 1.165) is 25.1 Å². The van der Waals surface area contributed by atoms with Gasteiger partial charge in [0.2, 0.25) is 11.8 Å². The van der Waals surface area contributed by atoms with Crippen LogP contribution in [0.25, 0.3) is 0 Å². The summed E-state index contributed by atoms with van der Waals surface area (Å²) in [5, 5.41) is 0. The van der Waals surface area contributed by atoms with Crippen LogP contribution in [-0.2, 0) is 20.9 Å². The summed E-state index contributed by atoms with van der Waals surface area (Å²) >= 11 is 0. The van der Waals surface area contributed by atoms with Gasteiger partial charge in [-0.25, -0.2) is 4.39 Å². The van der Waals surface area contributed by atoms with Crippen LogP contribution in [0.4, 0.5) is 4.39 Å². The Hall–Kier alpha value is -1.99. The highest BCUT2D eigenvalue weighted by atomic mass is 19.1. The molecule has 2 amide bonds. The van der Waals surface area contributed by atoms with Crippen molar-refractivity contribution in [3.8, 4) is 0 Å². The fourth-order valence-electron chi connectivity index (χ4n) is 3.61. The molecule has 0 N–H and O–H groups in total. The number of nitrogens with zero attached hydrogens (tertiary/aromatic N) is 3. The monoisotopic (exact) mass is 363 g/mol. The molecular weight excluding hydrogens is 337 g/mol. The second-order valence-electron chi connectivity index (χ2n) is 6.78. The van der Waals surface area contributed by atoms with Crippen molar-refractivity contribution in [3.05, 3.63) is 35.6 Å². The molecule has 2 fully saturated rings. The van der Waals surface area contributed by atoms with Crippen LogP contribution >= 0.6 is 0 Å². The van der Waals surface area contributed by atoms with E-state index in [1.165, 1.54) is 12.1 Å². The van der Waals surface area contributed by atoms with Crippen LogP contribution in [0.2, 0.25) is 0 Å². The zero-order valence-corrected chi connectivity index (χ0v) is 15.2. The molecule has 1 aromatic rings. The van der Waals surface area contributed by atoms with Gasteiger partial charge in [0, 0.05) is 32.7 Å². The molecule has 0 radical (unpaired) electrons. The zero-order valence-electron chi connectivity index (χ0n) is 15.2. The van der Waals surface area contributed by atoms with Gasteiger partial charge >= 0.3 is 0 Å². The Morgan fingerprint density at radius 2 is 2.00 bits per heavy atom. The van der Waals surface area contributed by atoms with Gasteiger partial charge in [0.1, 0.15) is 5.82 Å². The number of hydrogen-bond donors (Lipinski definition) is 0. The fourth-order valence-corrected chi connectivity index (χ4v) is 3.61. The topological polar surface area (TPSA) is 53.1 Å². The summed E-state index contributed by atoms with van der Waals surface area (Å²) < 4.78 is 18.7. The summed E-state index contributed by atoms with van der Waals surface area (Å²) in [4.78, 5) is 30.9. The molecule has 1 atom stereocenters. The highest BCUT2D eigenvalue weighted by Crippen LogP contribution is 2.15. The number of benzene rings is 1. The maximum atomic E-state index is 13.3. The van der Waals surface area contributed by atoms with E-state index in [4.69, 9.17) is 4.74 Å². The normalized spacial score (nSPS) is 20.3. The van der Waals surface area contributed by atoms with Crippen LogP contribution < -0.4 is 0 Å². The summed E-state index contributed by atoms with van der Waals surface area (Å²) in [7, 11) is 0. The molecular formula is C19H26FN3O3. The molecule has 142 valence electrons. The molecule has 0 aromatic heterocycles. The number of rotatable bonds is 5. The first kappa shape index (κ1) is 18.8. The SMILES string of the molecule is CC[C@H](C(=O)N1CCN(Cc2cccc(F)c2)C(=O)C1)N1CCOCC1. The highest BCUT2D eigenvalue weighted by Gasteiger charge is 2.33. The Morgan fingerprint density at radius 1 is 1.23 bits per heavy atom. The van der Waals surface area contributed by atoms with Gasteiger partial charge < -0.3 is 14.5 Å². The maximum absolute atomic E-state index is 13.3. The molecule has 2 aliphatic rings. The Bertz CT molecular complexity index is 649. The number of hydrogen-bond acceptors (Lipinski definition) is 4. The summed E-state index contributed by atoms with van der Waals surface area (Å²) in [6.45, 7) is 6.24. The second-order valence-corrected chi connectivity index (χ2v) is 6.78. The number of ether oxygens (including phenoxy) is 1. The summed E-state index contributed by atoms with van der Waals surface area (Å²) in [6.07, 6.45) is 0.719. The minimum atomic E-state index is -0.305. The minimum absolute atomic E-state index is 0.0214. The molecule has 0 unspecified atom stereocenters. The molecule has 1 aromatic carbocycles. The molecule has 2 saturated heterocycles. The van der Waals surface area contributed by atoms with E-state index in [9.17, 15) is 14.0 Å². The fraction of sp³-hybridized carbons (Fsp3) is 0.579. The summed E-state index contributed by atoms with van der Waals surface area (Å²) in [5.41, 5.74) is 0.762. The standard InChI is InChI=1S/C19H26FN3O3/c1-2-17(21-8-10-26-11-9-21)19(25)23-7-6-22(18(24)14-23)13-15-4-3-5-16(20)12-15/h3-5,12,17H,2,6-11,13-14H2,1H3/t17-/m1/s1. The van der Waals surface area contributed by atoms with Crippen LogP contribution in [0.15, 0.2) is 24.3 Å². The largest absolute Gasteiger partial charge is 0.379 e. The molecule has 6 nitrogen and oxygen atoms in total. The van der Waals surface area contributed by atoms with Crippen molar-refractivity contribution in [2.45, 2.75) is 25.9 Å². The van der Waals surface area contributed by atoms with Crippen molar-refractivity contribution in [2.24, 2.45) is 0 Å². The number of amides is 2. The van der Waals surface area contributed by atoms with Crippen molar-refractivity contribution in [1.82, 2.24) is 14.7 Å². The Balaban J connectivity index is 1.58. The van der Waals surface area contributed by atoms with Crippen LogP contribution in [0, 0.1) is 5.82 Å². The molecule has 26 heavy (non-hydrogen) atoms. The Labute approximate surface area is 153 Å². The quantitative estimate of drug-likeness (QED) is 0.786. The van der Waals surface area contributed by atoms with E-state index in [1.54, 1.807) is 21.9 Å². The number of morpholine rings is 1. The van der Waals surface area contributed by atoms with E-state index in [0.29, 0.717) is 32.8 Å². The molecule has 3 rings (SSSR count). The van der Waals surface area contributed by atoms with E-state index >= 15 is 0 Å². The summed E-state index contributed by atoms with van der Waals surface area (Å²) in [6, 6.07) is 6.08. The van der Waals surface area contributed by atoms with Crippen LogP contribution in [0.5, 0.6) is 0 Å². The third-order valence-electron chi connectivity index (χ3n) is 5.05. The Kier molecular flexibility index (Phi) is 6.21. The van der Waals surface area contributed by atoms with Gasteiger partial charge in [-0.3, -0.25) is 14.5 Å². The van der Waals surface area contributed by atoms with Crippen molar-refractivity contribution < 1.29 is 18.7 Å². The third-order valence-corrected chi connectivity index (χ3v) is 5.05. The van der Waals surface area contributed by atoms with E-state index in [2.05, 4.69) is 4.90 Å². The molecule has 0 spiro atoms. The molecule has 0 aliphatic carbocycles. The van der Waals surface area contributed by atoms with Gasteiger partial charge in [0.15, 0.2) is 0 Å². The van der Waals surface area contributed by atoms with E-state index in [-0.39, 0.29) is 30.2 Å². The molecule has 0 saturated carbocycles. The van der Waals surface area contributed by atoms with Crippen molar-refractivity contribution in [2.75, 3.05) is 45.9 Å². The number of carbonyl (C=O) groups is 2. The number of carbonyl (C=O) groups excluding carboxylic acids is 2. The predicted octanol–water partition coefficient (Wildman–Crippen LogP) is 1.11. The summed E-state index contributed by atoms with van der Waals surface area (Å²) in [5.74, 6) is -0.376. The lowest BCUT2D eigenvalue weighted by Gasteiger charge is -2.39. The van der Waals surface area contributed by atoms with Crippen LogP contribution in [0.3, 0.4) is 0 Å². The molecule has 0 bridgehead atoms. The molecule has 7 heteroatoms. The predicted molar refractivity (Wildman–Crippen MR) is 94.9 cm³/mol. The van der Waals surface area contributed by atoms with Crippen LogP contribution in [-0.4, -0.2) is 78.5 Å². The number of piperazine rings is 1. The first-order valence-corrected chi connectivity index (χ1v) is 9.21. The van der Waals surface area contributed by atoms with Gasteiger partial charge in [-0.2, -0.15) is 0 Å². The molecule has 2 heterocycles. The van der Waals surface area contributed by atoms with Crippen molar-refractivity contribution >= 4 is 11.8 Å². The lowest BCUT2D eigenvalue weighted by atomic mass is 10.1. The van der Waals surface area contributed by atoms with Gasteiger partial charge in [0.25, 0.3) is 0 Å². The average molecular weight is 363 g/mol. The van der Waals surface area contributed by atoms with E-state index < -0.39 is 0 Å². The van der Waals surface area contributed by atoms with Crippen LogP contribution in [0.1, 0.15) is 18.9 Å². The number of halogens is 1. The third kappa shape index (κ3) is 4.40. The van der Waals surface area contributed by atoms with Gasteiger partial charge in [-0.1, -0.05) is 19.1 Å². The highest BCUT2D eigenvalue weighted by molar-refractivity contribution is 5.88. The smallest absolute Gasteiger partial charge is 0.242 e. The minimum Gasteiger partial charge on any atom is -0.379 e. The lowest BCUT2D eigenvalue weighted by molar-refractivity contribution is -0.149. The zero-order chi connectivity index (χ0) is 18.5. The maximum Gasteiger partial charge on any atom is 0.242 e. The first-order valence-electron chi connectivity index (χ1n) is 9.21. The Morgan fingerprint density at radius 3 is 2.65 bits per heavy atom. The van der Waals surface area contributed by atoms with Crippen molar-refractivity contribution in [1.29, 1.82) is 0 Å². The van der Waals surface area contributed by atoms with Gasteiger partial charge in [-0.15, -0.1) is 0 Å². The second kappa shape index (κ2) is 8.60. The van der Waals surface area contributed by atoms with E-state index in [1.807, 2.05) is 6.92 Å². The van der Waals surface area contributed by atoms with Gasteiger partial charge in [0.05, 0.1) is 25.8 Å². The first-order chi connectivity index (χ1) is 12.6. The van der Waals surface area contributed by atoms with Gasteiger partial charge in [-0.05, 0) is 24.1 Å². The van der Waals surface area contributed by atoms with Crippen molar-refractivity contribution in [3.63, 3.8) is 0 Å². The average Bonchev–Trinajstić information content (AvgIpc) is 2.65. The lowest BCUT2D eigenvalue weighted by Crippen LogP contribution is -2.57.